The van der Waals surface area contributed by atoms with Crippen LogP contribution in [0.1, 0.15) is 24.5 Å². The van der Waals surface area contributed by atoms with E-state index in [1.165, 1.54) is 0 Å². The molecule has 0 bridgehead atoms. The molecule has 4 nitrogen and oxygen atoms in total. The first-order valence-electron chi connectivity index (χ1n) is 8.14. The standard InChI is InChI=1S/C20H25NO3/c1-16(14-15-21(2)3)24-19(22)20(23,17-10-6-4-7-11-17)18-12-8-5-9-13-18/h4-13,16,23H,14-15H2,1-3H3/t16-/m1/s1. The Morgan fingerprint density at radius 1 is 1.04 bits per heavy atom. The summed E-state index contributed by atoms with van der Waals surface area (Å²) in [6, 6.07) is 17.8. The average Bonchev–Trinajstić information content (AvgIpc) is 2.60. The first kappa shape index (κ1) is 18.2. The minimum atomic E-state index is -1.81. The molecule has 128 valence electrons. The number of esters is 1. The van der Waals surface area contributed by atoms with Crippen LogP contribution in [0.5, 0.6) is 0 Å². The normalized spacial score (nSPS) is 12.9. The number of carbonyl (C=O) groups is 1. The maximum atomic E-state index is 12.8. The second kappa shape index (κ2) is 8.08. The maximum absolute atomic E-state index is 12.8. The Morgan fingerprint density at radius 3 is 1.92 bits per heavy atom. The molecule has 0 aromatic heterocycles. The third-order valence-electron chi connectivity index (χ3n) is 3.97. The molecule has 1 atom stereocenters. The quantitative estimate of drug-likeness (QED) is 0.795. The van der Waals surface area contributed by atoms with Crippen molar-refractivity contribution < 1.29 is 14.6 Å². The summed E-state index contributed by atoms with van der Waals surface area (Å²) in [5, 5.41) is 11.3. The van der Waals surface area contributed by atoms with Crippen molar-refractivity contribution in [1.29, 1.82) is 0 Å². The number of carbonyl (C=O) groups excluding carboxylic acids is 1. The molecular weight excluding hydrogens is 302 g/mol. The highest BCUT2D eigenvalue weighted by Crippen LogP contribution is 2.31. The number of benzene rings is 2. The van der Waals surface area contributed by atoms with Crippen LogP contribution in [0.25, 0.3) is 0 Å². The molecule has 4 heteroatoms. The number of aliphatic hydroxyl groups is 1. The van der Waals surface area contributed by atoms with Crippen LogP contribution in [0.2, 0.25) is 0 Å². The lowest BCUT2D eigenvalue weighted by molar-refractivity contribution is -0.167. The van der Waals surface area contributed by atoms with Crippen molar-refractivity contribution >= 4 is 5.97 Å². The molecule has 2 aromatic rings. The average molecular weight is 327 g/mol. The van der Waals surface area contributed by atoms with Crippen molar-refractivity contribution in [3.63, 3.8) is 0 Å². The number of hydrogen-bond acceptors (Lipinski definition) is 4. The largest absolute Gasteiger partial charge is 0.460 e. The third kappa shape index (κ3) is 4.22. The molecule has 0 saturated heterocycles. The molecule has 0 fully saturated rings. The Bertz CT molecular complexity index is 601. The summed E-state index contributed by atoms with van der Waals surface area (Å²) in [6.45, 7) is 2.65. The van der Waals surface area contributed by atoms with E-state index >= 15 is 0 Å². The zero-order chi connectivity index (χ0) is 17.6. The lowest BCUT2D eigenvalue weighted by Gasteiger charge is -2.29. The van der Waals surface area contributed by atoms with Gasteiger partial charge in [0.15, 0.2) is 0 Å². The molecule has 0 aliphatic rings. The third-order valence-corrected chi connectivity index (χ3v) is 3.97. The van der Waals surface area contributed by atoms with Crippen LogP contribution in [0, 0.1) is 0 Å². The Balaban J connectivity index is 2.28. The summed E-state index contributed by atoms with van der Waals surface area (Å²) in [5.74, 6) is -0.647. The molecule has 2 aromatic carbocycles. The molecule has 24 heavy (non-hydrogen) atoms. The zero-order valence-electron chi connectivity index (χ0n) is 14.5. The van der Waals surface area contributed by atoms with Crippen LogP contribution in [0.15, 0.2) is 60.7 Å². The molecule has 0 unspecified atom stereocenters. The summed E-state index contributed by atoms with van der Waals surface area (Å²) in [7, 11) is 3.94. The summed E-state index contributed by atoms with van der Waals surface area (Å²) >= 11 is 0. The molecule has 1 N–H and O–H groups in total. The van der Waals surface area contributed by atoms with Crippen molar-refractivity contribution in [2.75, 3.05) is 20.6 Å². The highest BCUT2D eigenvalue weighted by Gasteiger charge is 2.42. The van der Waals surface area contributed by atoms with E-state index in [-0.39, 0.29) is 6.10 Å². The van der Waals surface area contributed by atoms with E-state index in [9.17, 15) is 9.90 Å². The molecular formula is C20H25NO3. The van der Waals surface area contributed by atoms with Crippen LogP contribution < -0.4 is 0 Å². The minimum absolute atomic E-state index is 0.279. The molecule has 0 heterocycles. The summed E-state index contributed by atoms with van der Waals surface area (Å²) in [5.41, 5.74) is -0.809. The van der Waals surface area contributed by atoms with Crippen molar-refractivity contribution in [1.82, 2.24) is 4.90 Å². The first-order chi connectivity index (χ1) is 11.4. The highest BCUT2D eigenvalue weighted by atomic mass is 16.6. The lowest BCUT2D eigenvalue weighted by Crippen LogP contribution is -2.40. The van der Waals surface area contributed by atoms with Crippen LogP contribution in [-0.4, -0.2) is 42.7 Å². The van der Waals surface area contributed by atoms with E-state index in [4.69, 9.17) is 4.74 Å². The van der Waals surface area contributed by atoms with Crippen LogP contribution in [0.3, 0.4) is 0 Å². The number of rotatable bonds is 7. The van der Waals surface area contributed by atoms with E-state index in [1.807, 2.05) is 38.1 Å². The predicted octanol–water partition coefficient (Wildman–Crippen LogP) is 2.81. The predicted molar refractivity (Wildman–Crippen MR) is 94.6 cm³/mol. The van der Waals surface area contributed by atoms with Gasteiger partial charge in [0.05, 0.1) is 0 Å². The first-order valence-corrected chi connectivity index (χ1v) is 8.14. The number of ether oxygens (including phenoxy) is 1. The van der Waals surface area contributed by atoms with Crippen LogP contribution >= 0.6 is 0 Å². The molecule has 0 spiro atoms. The second-order valence-corrected chi connectivity index (χ2v) is 6.25. The van der Waals surface area contributed by atoms with Gasteiger partial charge in [0.1, 0.15) is 6.10 Å². The fourth-order valence-electron chi connectivity index (χ4n) is 2.53. The molecule has 0 amide bonds. The van der Waals surface area contributed by atoms with Gasteiger partial charge in [-0.1, -0.05) is 60.7 Å². The smallest absolute Gasteiger partial charge is 0.347 e. The van der Waals surface area contributed by atoms with E-state index in [1.54, 1.807) is 48.5 Å². The minimum Gasteiger partial charge on any atom is -0.460 e. The Morgan fingerprint density at radius 2 is 1.50 bits per heavy atom. The van der Waals surface area contributed by atoms with Gasteiger partial charge in [-0.15, -0.1) is 0 Å². The summed E-state index contributed by atoms with van der Waals surface area (Å²) in [4.78, 5) is 14.9. The SMILES string of the molecule is C[C@H](CCN(C)C)OC(=O)C(O)(c1ccccc1)c1ccccc1. The second-order valence-electron chi connectivity index (χ2n) is 6.25. The van der Waals surface area contributed by atoms with Crippen LogP contribution in [-0.2, 0) is 15.1 Å². The lowest BCUT2D eigenvalue weighted by atomic mass is 9.86. The molecule has 0 saturated carbocycles. The van der Waals surface area contributed by atoms with E-state index in [0.717, 1.165) is 6.54 Å². The van der Waals surface area contributed by atoms with Crippen molar-refractivity contribution in [2.45, 2.75) is 25.0 Å². The molecule has 0 aliphatic heterocycles. The van der Waals surface area contributed by atoms with Gasteiger partial charge in [0.2, 0.25) is 5.60 Å². The van der Waals surface area contributed by atoms with Gasteiger partial charge < -0.3 is 14.7 Å². The van der Waals surface area contributed by atoms with Gasteiger partial charge in [-0.25, -0.2) is 4.79 Å². The topological polar surface area (TPSA) is 49.8 Å². The summed E-state index contributed by atoms with van der Waals surface area (Å²) in [6.07, 6.45) is 0.428. The van der Waals surface area contributed by atoms with Crippen molar-refractivity contribution in [3.8, 4) is 0 Å². The van der Waals surface area contributed by atoms with Gasteiger partial charge >= 0.3 is 5.97 Å². The van der Waals surface area contributed by atoms with Gasteiger partial charge in [-0.3, -0.25) is 0 Å². The number of hydrogen-bond donors (Lipinski definition) is 1. The van der Waals surface area contributed by atoms with Gasteiger partial charge in [-0.05, 0) is 38.6 Å². The van der Waals surface area contributed by atoms with E-state index < -0.39 is 11.6 Å². The van der Waals surface area contributed by atoms with E-state index in [2.05, 4.69) is 0 Å². The van der Waals surface area contributed by atoms with E-state index in [0.29, 0.717) is 17.5 Å². The molecule has 2 rings (SSSR count). The Kier molecular flexibility index (Phi) is 6.12. The Hall–Kier alpha value is -2.17. The Labute approximate surface area is 143 Å². The van der Waals surface area contributed by atoms with Gasteiger partial charge in [0, 0.05) is 6.54 Å². The zero-order valence-corrected chi connectivity index (χ0v) is 14.5. The van der Waals surface area contributed by atoms with Gasteiger partial charge in [-0.2, -0.15) is 0 Å². The van der Waals surface area contributed by atoms with Gasteiger partial charge in [0.25, 0.3) is 0 Å². The van der Waals surface area contributed by atoms with Crippen molar-refractivity contribution in [3.05, 3.63) is 71.8 Å². The van der Waals surface area contributed by atoms with Crippen LogP contribution in [0.4, 0.5) is 0 Å². The molecule has 0 aliphatic carbocycles. The maximum Gasteiger partial charge on any atom is 0.347 e. The summed E-state index contributed by atoms with van der Waals surface area (Å²) < 4.78 is 5.56. The highest BCUT2D eigenvalue weighted by molar-refractivity contribution is 5.85. The monoisotopic (exact) mass is 327 g/mol. The fourth-order valence-corrected chi connectivity index (χ4v) is 2.53. The fraction of sp³-hybridized carbons (Fsp3) is 0.350. The molecule has 0 radical (unpaired) electrons. The number of nitrogens with zero attached hydrogens (tertiary/aromatic N) is 1. The van der Waals surface area contributed by atoms with Crippen molar-refractivity contribution in [2.24, 2.45) is 0 Å².